The van der Waals surface area contributed by atoms with Gasteiger partial charge >= 0.3 is 0 Å². The second kappa shape index (κ2) is 6.78. The van der Waals surface area contributed by atoms with Crippen LogP contribution in [0.25, 0.3) is 11.0 Å². The molecule has 0 radical (unpaired) electrons. The summed E-state index contributed by atoms with van der Waals surface area (Å²) in [4.78, 5) is 4.46. The van der Waals surface area contributed by atoms with Gasteiger partial charge in [-0.15, -0.1) is 11.6 Å². The SMILES string of the molecule is CCCCCC(C)(C)Cn1c(CCl)nc2cc(F)ccc21. The van der Waals surface area contributed by atoms with Gasteiger partial charge in [0.25, 0.3) is 0 Å². The van der Waals surface area contributed by atoms with Gasteiger partial charge < -0.3 is 4.57 Å². The predicted octanol–water partition coefficient (Wildman–Crippen LogP) is 5.52. The minimum absolute atomic E-state index is 0.179. The summed E-state index contributed by atoms with van der Waals surface area (Å²) in [6, 6.07) is 4.77. The minimum atomic E-state index is -0.254. The minimum Gasteiger partial charge on any atom is -0.326 e. The monoisotopic (exact) mass is 310 g/mol. The van der Waals surface area contributed by atoms with Crippen molar-refractivity contribution < 1.29 is 4.39 Å². The first-order chi connectivity index (χ1) is 9.96. The first-order valence-corrected chi connectivity index (χ1v) is 8.21. The molecule has 21 heavy (non-hydrogen) atoms. The highest BCUT2D eigenvalue weighted by Gasteiger charge is 2.21. The Morgan fingerprint density at radius 1 is 1.29 bits per heavy atom. The van der Waals surface area contributed by atoms with E-state index in [4.69, 9.17) is 11.6 Å². The maximum Gasteiger partial charge on any atom is 0.125 e. The Morgan fingerprint density at radius 2 is 2.05 bits per heavy atom. The van der Waals surface area contributed by atoms with Crippen LogP contribution in [0.1, 0.15) is 52.3 Å². The molecule has 0 saturated heterocycles. The molecule has 0 bridgehead atoms. The number of hydrogen-bond acceptors (Lipinski definition) is 1. The van der Waals surface area contributed by atoms with E-state index >= 15 is 0 Å². The van der Waals surface area contributed by atoms with Crippen LogP contribution in [-0.2, 0) is 12.4 Å². The number of nitrogens with zero attached hydrogens (tertiary/aromatic N) is 2. The van der Waals surface area contributed by atoms with E-state index in [0.29, 0.717) is 11.4 Å². The van der Waals surface area contributed by atoms with Gasteiger partial charge in [-0.2, -0.15) is 0 Å². The quantitative estimate of drug-likeness (QED) is 0.486. The molecule has 1 aromatic carbocycles. The highest BCUT2D eigenvalue weighted by Crippen LogP contribution is 2.29. The molecule has 0 atom stereocenters. The summed E-state index contributed by atoms with van der Waals surface area (Å²) in [7, 11) is 0. The van der Waals surface area contributed by atoms with Gasteiger partial charge in [-0.3, -0.25) is 0 Å². The maximum absolute atomic E-state index is 13.3. The van der Waals surface area contributed by atoms with E-state index in [2.05, 4.69) is 30.3 Å². The van der Waals surface area contributed by atoms with Crippen LogP contribution in [0.4, 0.5) is 4.39 Å². The standard InChI is InChI=1S/C17H24ClFN2/c1-4-5-6-9-17(2,3)12-21-15-8-7-13(19)10-14(15)20-16(21)11-18/h7-8,10H,4-6,9,11-12H2,1-3H3. The molecule has 2 aromatic rings. The predicted molar refractivity (Wildman–Crippen MR) is 87.2 cm³/mol. The number of aromatic nitrogens is 2. The first kappa shape index (κ1) is 16.3. The number of imidazole rings is 1. The van der Waals surface area contributed by atoms with E-state index in [1.54, 1.807) is 6.07 Å². The van der Waals surface area contributed by atoms with Crippen molar-refractivity contribution in [3.8, 4) is 0 Å². The Balaban J connectivity index is 2.27. The zero-order chi connectivity index (χ0) is 15.5. The number of unbranched alkanes of at least 4 members (excludes halogenated alkanes) is 2. The van der Waals surface area contributed by atoms with Gasteiger partial charge in [0, 0.05) is 12.6 Å². The summed E-state index contributed by atoms with van der Waals surface area (Å²) >= 11 is 6.02. The van der Waals surface area contributed by atoms with Crippen molar-refractivity contribution in [2.75, 3.05) is 0 Å². The number of alkyl halides is 1. The molecule has 0 amide bonds. The van der Waals surface area contributed by atoms with E-state index < -0.39 is 0 Å². The van der Waals surface area contributed by atoms with Gasteiger partial charge in [0.2, 0.25) is 0 Å². The van der Waals surface area contributed by atoms with Crippen LogP contribution in [0.3, 0.4) is 0 Å². The second-order valence-corrected chi connectivity index (χ2v) is 6.77. The van der Waals surface area contributed by atoms with Gasteiger partial charge in [-0.1, -0.05) is 40.0 Å². The molecule has 0 aliphatic heterocycles. The molecule has 0 saturated carbocycles. The summed E-state index contributed by atoms with van der Waals surface area (Å²) in [6.07, 6.45) is 4.91. The lowest BCUT2D eigenvalue weighted by Crippen LogP contribution is -2.21. The topological polar surface area (TPSA) is 17.8 Å². The third-order valence-corrected chi connectivity index (χ3v) is 4.19. The third-order valence-electron chi connectivity index (χ3n) is 3.95. The molecule has 0 fully saturated rings. The largest absolute Gasteiger partial charge is 0.326 e. The van der Waals surface area contributed by atoms with E-state index in [-0.39, 0.29) is 11.2 Å². The molecule has 4 heteroatoms. The Kier molecular flexibility index (Phi) is 5.26. The molecular weight excluding hydrogens is 287 g/mol. The fourth-order valence-corrected chi connectivity index (χ4v) is 3.00. The third kappa shape index (κ3) is 3.97. The summed E-state index contributed by atoms with van der Waals surface area (Å²) in [5.41, 5.74) is 1.84. The zero-order valence-electron chi connectivity index (χ0n) is 13.1. The number of halogens is 2. The van der Waals surface area contributed by atoms with Crippen LogP contribution in [0.5, 0.6) is 0 Å². The molecule has 2 rings (SSSR count). The molecule has 0 unspecified atom stereocenters. The lowest BCUT2D eigenvalue weighted by Gasteiger charge is -2.26. The van der Waals surface area contributed by atoms with Crippen LogP contribution in [0, 0.1) is 11.2 Å². The smallest absolute Gasteiger partial charge is 0.125 e. The van der Waals surface area contributed by atoms with Crippen LogP contribution in [-0.4, -0.2) is 9.55 Å². The van der Waals surface area contributed by atoms with Crippen molar-refractivity contribution >= 4 is 22.6 Å². The molecule has 0 spiro atoms. The fourth-order valence-electron chi connectivity index (χ4n) is 2.79. The van der Waals surface area contributed by atoms with Crippen molar-refractivity contribution in [1.82, 2.24) is 9.55 Å². The Labute approximate surface area is 131 Å². The average molecular weight is 311 g/mol. The van der Waals surface area contributed by atoms with Gasteiger partial charge in [0.1, 0.15) is 11.6 Å². The van der Waals surface area contributed by atoms with E-state index in [0.717, 1.165) is 17.9 Å². The molecule has 0 aliphatic carbocycles. The Bertz CT molecular complexity index is 604. The van der Waals surface area contributed by atoms with Crippen LogP contribution in [0.15, 0.2) is 18.2 Å². The molecule has 0 N–H and O–H groups in total. The van der Waals surface area contributed by atoms with Crippen LogP contribution >= 0.6 is 11.6 Å². The van der Waals surface area contributed by atoms with Gasteiger partial charge in [0.15, 0.2) is 0 Å². The number of fused-ring (bicyclic) bond motifs is 1. The summed E-state index contributed by atoms with van der Waals surface area (Å²) in [5, 5.41) is 0. The number of benzene rings is 1. The van der Waals surface area contributed by atoms with E-state index in [9.17, 15) is 4.39 Å². The lowest BCUT2D eigenvalue weighted by molar-refractivity contribution is 0.272. The van der Waals surface area contributed by atoms with Crippen molar-refractivity contribution in [3.63, 3.8) is 0 Å². The highest BCUT2D eigenvalue weighted by molar-refractivity contribution is 6.16. The van der Waals surface area contributed by atoms with Gasteiger partial charge in [0.05, 0.1) is 16.9 Å². The van der Waals surface area contributed by atoms with Crippen LogP contribution < -0.4 is 0 Å². The van der Waals surface area contributed by atoms with Crippen LogP contribution in [0.2, 0.25) is 0 Å². The second-order valence-electron chi connectivity index (χ2n) is 6.50. The molecule has 1 heterocycles. The molecule has 2 nitrogen and oxygen atoms in total. The Hall–Kier alpha value is -1.09. The summed E-state index contributed by atoms with van der Waals surface area (Å²) in [5.74, 6) is 0.915. The highest BCUT2D eigenvalue weighted by atomic mass is 35.5. The normalized spacial score (nSPS) is 12.2. The maximum atomic E-state index is 13.3. The molecular formula is C17H24ClFN2. The average Bonchev–Trinajstić information content (AvgIpc) is 2.75. The van der Waals surface area contributed by atoms with Crippen molar-refractivity contribution in [1.29, 1.82) is 0 Å². The summed E-state index contributed by atoms with van der Waals surface area (Å²) in [6.45, 7) is 7.63. The van der Waals surface area contributed by atoms with Gasteiger partial charge in [-0.05, 0) is 24.0 Å². The lowest BCUT2D eigenvalue weighted by atomic mass is 9.86. The summed E-state index contributed by atoms with van der Waals surface area (Å²) < 4.78 is 15.5. The first-order valence-electron chi connectivity index (χ1n) is 7.67. The fraction of sp³-hybridized carbons (Fsp3) is 0.588. The van der Waals surface area contributed by atoms with E-state index in [1.807, 2.05) is 0 Å². The Morgan fingerprint density at radius 3 is 2.71 bits per heavy atom. The number of rotatable bonds is 7. The number of hydrogen-bond donors (Lipinski definition) is 0. The van der Waals surface area contributed by atoms with Gasteiger partial charge in [-0.25, -0.2) is 9.37 Å². The van der Waals surface area contributed by atoms with Crippen molar-refractivity contribution in [3.05, 3.63) is 29.8 Å². The van der Waals surface area contributed by atoms with E-state index in [1.165, 1.54) is 37.8 Å². The van der Waals surface area contributed by atoms with Crippen molar-refractivity contribution in [2.24, 2.45) is 5.41 Å². The zero-order valence-corrected chi connectivity index (χ0v) is 13.9. The molecule has 0 aliphatic rings. The molecule has 1 aromatic heterocycles. The molecule has 116 valence electrons. The van der Waals surface area contributed by atoms with Crippen molar-refractivity contribution in [2.45, 2.75) is 58.9 Å².